The van der Waals surface area contributed by atoms with Crippen LogP contribution in [0.1, 0.15) is 18.0 Å². The molecule has 0 N–H and O–H groups in total. The molecule has 7 heteroatoms. The summed E-state index contributed by atoms with van der Waals surface area (Å²) in [6.07, 6.45) is 6.00. The predicted octanol–water partition coefficient (Wildman–Crippen LogP) is 1.22. The van der Waals surface area contributed by atoms with Gasteiger partial charge in [0, 0.05) is 25.5 Å². The van der Waals surface area contributed by atoms with E-state index in [9.17, 15) is 8.42 Å². The average Bonchev–Trinajstić information content (AvgIpc) is 3.08. The Hall–Kier alpha value is -1.73. The van der Waals surface area contributed by atoms with Crippen molar-refractivity contribution in [3.8, 4) is 0 Å². The van der Waals surface area contributed by atoms with E-state index < -0.39 is 10.0 Å². The molecule has 1 saturated heterocycles. The molecule has 106 valence electrons. The summed E-state index contributed by atoms with van der Waals surface area (Å²) in [5, 5.41) is 4.38. The fraction of sp³-hybridized carbons (Fsp3) is 0.385. The lowest BCUT2D eigenvalue weighted by Gasteiger charge is -2.16. The van der Waals surface area contributed by atoms with E-state index in [0.29, 0.717) is 13.1 Å². The minimum atomic E-state index is -3.49. The van der Waals surface area contributed by atoms with Crippen LogP contribution in [0.3, 0.4) is 0 Å². The van der Waals surface area contributed by atoms with Crippen molar-refractivity contribution in [2.24, 2.45) is 0 Å². The van der Waals surface area contributed by atoms with Gasteiger partial charge < -0.3 is 0 Å². The number of sulfonamides is 1. The van der Waals surface area contributed by atoms with Crippen LogP contribution in [0.15, 0.2) is 41.8 Å². The zero-order valence-electron chi connectivity index (χ0n) is 11.2. The van der Waals surface area contributed by atoms with E-state index in [1.807, 2.05) is 17.8 Å². The van der Waals surface area contributed by atoms with Gasteiger partial charge in [-0.3, -0.25) is 4.68 Å². The average molecular weight is 292 g/mol. The van der Waals surface area contributed by atoms with Gasteiger partial charge in [-0.15, -0.1) is 0 Å². The van der Waals surface area contributed by atoms with Gasteiger partial charge in [0.05, 0.1) is 12.2 Å². The molecule has 1 aliphatic rings. The monoisotopic (exact) mass is 292 g/mol. The smallest absolute Gasteiger partial charge is 0.260 e. The molecule has 0 aromatic carbocycles. The summed E-state index contributed by atoms with van der Waals surface area (Å²) in [5.74, 6) is 0. The van der Waals surface area contributed by atoms with Crippen molar-refractivity contribution in [1.82, 2.24) is 19.1 Å². The van der Waals surface area contributed by atoms with E-state index in [1.54, 1.807) is 18.3 Å². The molecule has 1 unspecified atom stereocenters. The molecule has 20 heavy (non-hydrogen) atoms. The van der Waals surface area contributed by atoms with E-state index in [2.05, 4.69) is 10.1 Å². The second kappa shape index (κ2) is 4.99. The highest BCUT2D eigenvalue weighted by atomic mass is 32.2. The summed E-state index contributed by atoms with van der Waals surface area (Å²) in [5.41, 5.74) is 1.08. The van der Waals surface area contributed by atoms with E-state index >= 15 is 0 Å². The van der Waals surface area contributed by atoms with Gasteiger partial charge in [0.15, 0.2) is 5.03 Å². The molecule has 0 saturated carbocycles. The fourth-order valence-corrected chi connectivity index (χ4v) is 3.83. The minimum Gasteiger partial charge on any atom is -0.268 e. The Morgan fingerprint density at radius 2 is 2.20 bits per heavy atom. The summed E-state index contributed by atoms with van der Waals surface area (Å²) < 4.78 is 28.2. The normalized spacial score (nSPS) is 20.4. The molecule has 0 amide bonds. The number of aryl methyl sites for hydroxylation is 1. The van der Waals surface area contributed by atoms with Crippen molar-refractivity contribution in [3.63, 3.8) is 0 Å². The molecule has 1 atom stereocenters. The number of hydrogen-bond acceptors (Lipinski definition) is 4. The van der Waals surface area contributed by atoms with E-state index in [1.165, 1.54) is 16.6 Å². The highest BCUT2D eigenvalue weighted by Gasteiger charge is 2.34. The van der Waals surface area contributed by atoms with Crippen LogP contribution in [0.4, 0.5) is 0 Å². The Labute approximate surface area is 118 Å². The van der Waals surface area contributed by atoms with Crippen LogP contribution in [0.2, 0.25) is 0 Å². The molecule has 0 radical (unpaired) electrons. The van der Waals surface area contributed by atoms with Gasteiger partial charge in [-0.05, 0) is 31.0 Å². The predicted molar refractivity (Wildman–Crippen MR) is 73.6 cm³/mol. The van der Waals surface area contributed by atoms with Crippen molar-refractivity contribution < 1.29 is 8.42 Å². The second-order valence-corrected chi connectivity index (χ2v) is 6.86. The number of pyridine rings is 1. The summed E-state index contributed by atoms with van der Waals surface area (Å²) in [4.78, 5) is 3.94. The van der Waals surface area contributed by atoms with Crippen LogP contribution >= 0.6 is 0 Å². The van der Waals surface area contributed by atoms with Crippen molar-refractivity contribution in [3.05, 3.63) is 42.4 Å². The molecule has 2 aromatic rings. The van der Waals surface area contributed by atoms with Gasteiger partial charge in [0.2, 0.25) is 0 Å². The molecule has 2 aromatic heterocycles. The summed E-state index contributed by atoms with van der Waals surface area (Å²) >= 11 is 0. The maximum Gasteiger partial charge on any atom is 0.260 e. The van der Waals surface area contributed by atoms with Crippen LogP contribution in [0, 0.1) is 6.92 Å². The van der Waals surface area contributed by atoms with E-state index in [0.717, 1.165) is 12.0 Å². The molecule has 3 rings (SSSR count). The molecule has 0 aliphatic carbocycles. The Bertz CT molecular complexity index is 696. The first-order valence-electron chi connectivity index (χ1n) is 6.49. The van der Waals surface area contributed by atoms with Crippen LogP contribution in [0.5, 0.6) is 0 Å². The van der Waals surface area contributed by atoms with Crippen molar-refractivity contribution >= 4 is 10.0 Å². The lowest BCUT2D eigenvalue weighted by atomic mass is 10.3. The topological polar surface area (TPSA) is 68.1 Å². The molecule has 6 nitrogen and oxygen atoms in total. The third-order valence-corrected chi connectivity index (χ3v) is 5.25. The maximum absolute atomic E-state index is 12.5. The zero-order chi connectivity index (χ0) is 14.2. The Morgan fingerprint density at radius 1 is 1.35 bits per heavy atom. The summed E-state index contributed by atoms with van der Waals surface area (Å²) in [7, 11) is -3.49. The van der Waals surface area contributed by atoms with E-state index in [-0.39, 0.29) is 11.1 Å². The number of rotatable bonds is 3. The molecule has 1 aliphatic heterocycles. The van der Waals surface area contributed by atoms with Gasteiger partial charge in [-0.1, -0.05) is 6.07 Å². The Kier molecular flexibility index (Phi) is 3.31. The first-order chi connectivity index (χ1) is 9.57. The molecular weight excluding hydrogens is 276 g/mol. The van der Waals surface area contributed by atoms with Gasteiger partial charge in [-0.2, -0.15) is 9.40 Å². The van der Waals surface area contributed by atoms with Crippen molar-refractivity contribution in [2.75, 3.05) is 13.1 Å². The summed E-state index contributed by atoms with van der Waals surface area (Å²) in [6, 6.07) is 5.02. The first-order valence-corrected chi connectivity index (χ1v) is 7.93. The molecule has 0 bridgehead atoms. The largest absolute Gasteiger partial charge is 0.268 e. The quantitative estimate of drug-likeness (QED) is 0.853. The van der Waals surface area contributed by atoms with Crippen LogP contribution < -0.4 is 0 Å². The Balaban J connectivity index is 1.80. The molecule has 0 spiro atoms. The minimum absolute atomic E-state index is 0.0992. The number of nitrogens with zero attached hydrogens (tertiary/aromatic N) is 4. The number of aromatic nitrogens is 3. The lowest BCUT2D eigenvalue weighted by Crippen LogP contribution is -2.30. The van der Waals surface area contributed by atoms with Gasteiger partial charge in [-0.25, -0.2) is 13.4 Å². The van der Waals surface area contributed by atoms with Crippen molar-refractivity contribution in [2.45, 2.75) is 24.4 Å². The second-order valence-electron chi connectivity index (χ2n) is 4.97. The standard InChI is InChI=1S/C13H16N4O2S/c1-11-8-15-17(9-11)12-5-7-16(10-12)20(18,19)13-4-2-3-6-14-13/h2-4,6,8-9,12H,5,7,10H2,1H3. The van der Waals surface area contributed by atoms with Gasteiger partial charge in [0.25, 0.3) is 10.0 Å². The maximum atomic E-state index is 12.5. The third-order valence-electron chi connectivity index (χ3n) is 3.47. The SMILES string of the molecule is Cc1cnn(C2CCN(S(=O)(=O)c3ccccn3)C2)c1. The lowest BCUT2D eigenvalue weighted by molar-refractivity contribution is 0.433. The van der Waals surface area contributed by atoms with Gasteiger partial charge >= 0.3 is 0 Å². The third kappa shape index (κ3) is 2.34. The Morgan fingerprint density at radius 3 is 2.85 bits per heavy atom. The fourth-order valence-electron chi connectivity index (χ4n) is 2.41. The first kappa shape index (κ1) is 13.3. The number of hydrogen-bond donors (Lipinski definition) is 0. The zero-order valence-corrected chi connectivity index (χ0v) is 12.0. The summed E-state index contributed by atoms with van der Waals surface area (Å²) in [6.45, 7) is 2.92. The van der Waals surface area contributed by atoms with Crippen molar-refractivity contribution in [1.29, 1.82) is 0 Å². The highest BCUT2D eigenvalue weighted by molar-refractivity contribution is 7.89. The van der Waals surface area contributed by atoms with Crippen LogP contribution in [-0.2, 0) is 10.0 Å². The molecule has 3 heterocycles. The van der Waals surface area contributed by atoms with Gasteiger partial charge in [0.1, 0.15) is 0 Å². The van der Waals surface area contributed by atoms with E-state index in [4.69, 9.17) is 0 Å². The molecule has 1 fully saturated rings. The highest BCUT2D eigenvalue weighted by Crippen LogP contribution is 2.26. The van der Waals surface area contributed by atoms with Crippen LogP contribution in [0.25, 0.3) is 0 Å². The van der Waals surface area contributed by atoms with Crippen LogP contribution in [-0.4, -0.2) is 40.6 Å². The molecular formula is C13H16N4O2S.